The first kappa shape index (κ1) is 19.0. The van der Waals surface area contributed by atoms with Crippen molar-refractivity contribution in [1.82, 2.24) is 23.1 Å². The molecule has 26 heavy (non-hydrogen) atoms. The third-order valence-electron chi connectivity index (χ3n) is 5.19. The lowest BCUT2D eigenvalue weighted by Gasteiger charge is -2.32. The summed E-state index contributed by atoms with van der Waals surface area (Å²) in [6, 6.07) is 4.18. The van der Waals surface area contributed by atoms with Crippen molar-refractivity contribution in [3.63, 3.8) is 0 Å². The van der Waals surface area contributed by atoms with Crippen molar-refractivity contribution in [3.05, 3.63) is 35.9 Å². The maximum atomic E-state index is 12.2. The van der Waals surface area contributed by atoms with Crippen molar-refractivity contribution in [2.75, 3.05) is 27.2 Å². The number of aromatic nitrogens is 3. The van der Waals surface area contributed by atoms with Gasteiger partial charge >= 0.3 is 0 Å². The first-order chi connectivity index (χ1) is 12.3. The third kappa shape index (κ3) is 3.82. The van der Waals surface area contributed by atoms with E-state index >= 15 is 0 Å². The van der Waals surface area contributed by atoms with Crippen LogP contribution < -0.4 is 0 Å². The lowest BCUT2D eigenvalue weighted by atomic mass is 9.91. The van der Waals surface area contributed by atoms with Crippen molar-refractivity contribution in [3.8, 4) is 11.4 Å². The predicted molar refractivity (Wildman–Crippen MR) is 102 cm³/mol. The van der Waals surface area contributed by atoms with E-state index in [1.807, 2.05) is 30.9 Å². The number of imidazole rings is 1. The zero-order valence-electron chi connectivity index (χ0n) is 15.9. The Hall–Kier alpha value is -1.77. The van der Waals surface area contributed by atoms with Crippen molar-refractivity contribution >= 4 is 10.2 Å². The molecule has 1 fully saturated rings. The SMILES string of the molecule is Cc1ncc(-c2cc(CC3CCN(S(=O)(=O)N(C)C)CC3)ccn2)n1C. The Bertz CT molecular complexity index is 867. The summed E-state index contributed by atoms with van der Waals surface area (Å²) >= 11 is 0. The number of rotatable bonds is 5. The first-order valence-corrected chi connectivity index (χ1v) is 10.3. The molecule has 0 N–H and O–H groups in total. The Kier molecular flexibility index (Phi) is 5.45. The second kappa shape index (κ2) is 7.46. The van der Waals surface area contributed by atoms with Crippen molar-refractivity contribution < 1.29 is 8.42 Å². The highest BCUT2D eigenvalue weighted by atomic mass is 32.2. The molecule has 3 rings (SSSR count). The molecule has 1 saturated heterocycles. The molecule has 0 unspecified atom stereocenters. The van der Waals surface area contributed by atoms with Crippen LogP contribution in [-0.4, -0.2) is 58.7 Å². The fourth-order valence-corrected chi connectivity index (χ4v) is 4.52. The maximum absolute atomic E-state index is 12.2. The molecule has 2 aromatic rings. The van der Waals surface area contributed by atoms with Gasteiger partial charge in [0.25, 0.3) is 10.2 Å². The zero-order valence-corrected chi connectivity index (χ0v) is 16.7. The number of piperidine rings is 1. The van der Waals surface area contributed by atoms with Crippen LogP contribution in [0.2, 0.25) is 0 Å². The molecule has 0 aromatic carbocycles. The average Bonchev–Trinajstić information content (AvgIpc) is 2.95. The lowest BCUT2D eigenvalue weighted by molar-refractivity contribution is 0.262. The van der Waals surface area contributed by atoms with Crippen LogP contribution in [0, 0.1) is 12.8 Å². The van der Waals surface area contributed by atoms with Gasteiger partial charge in [-0.25, -0.2) is 4.98 Å². The van der Waals surface area contributed by atoms with E-state index in [9.17, 15) is 8.42 Å². The van der Waals surface area contributed by atoms with E-state index < -0.39 is 10.2 Å². The van der Waals surface area contributed by atoms with E-state index in [2.05, 4.69) is 22.1 Å². The normalized spacial score (nSPS) is 17.1. The standard InChI is InChI=1S/C18H27N5O2S/c1-14-20-13-18(22(14)4)17-12-16(5-8-19-17)11-15-6-9-23(10-7-15)26(24,25)21(2)3/h5,8,12-13,15H,6-7,9-11H2,1-4H3. The van der Waals surface area contributed by atoms with E-state index in [4.69, 9.17) is 0 Å². The quantitative estimate of drug-likeness (QED) is 0.797. The Morgan fingerprint density at radius 1 is 1.23 bits per heavy atom. The van der Waals surface area contributed by atoms with E-state index in [1.165, 1.54) is 9.87 Å². The van der Waals surface area contributed by atoms with Crippen molar-refractivity contribution in [2.24, 2.45) is 13.0 Å². The van der Waals surface area contributed by atoms with E-state index in [0.29, 0.717) is 19.0 Å². The summed E-state index contributed by atoms with van der Waals surface area (Å²) in [7, 11) is 1.87. The minimum absolute atomic E-state index is 0.493. The molecule has 1 aliphatic rings. The summed E-state index contributed by atoms with van der Waals surface area (Å²) in [5.74, 6) is 1.45. The molecule has 0 atom stereocenters. The molecule has 8 heteroatoms. The van der Waals surface area contributed by atoms with Crippen molar-refractivity contribution in [1.29, 1.82) is 0 Å². The van der Waals surface area contributed by atoms with Gasteiger partial charge in [0.1, 0.15) is 5.82 Å². The predicted octanol–water partition coefficient (Wildman–Crippen LogP) is 1.85. The van der Waals surface area contributed by atoms with Gasteiger partial charge in [-0.1, -0.05) is 0 Å². The van der Waals surface area contributed by atoms with E-state index in [-0.39, 0.29) is 0 Å². The van der Waals surface area contributed by atoms with Gasteiger partial charge in [-0.3, -0.25) is 4.98 Å². The monoisotopic (exact) mass is 377 g/mol. The average molecular weight is 378 g/mol. The van der Waals surface area contributed by atoms with Gasteiger partial charge in [-0.15, -0.1) is 0 Å². The van der Waals surface area contributed by atoms with Crippen LogP contribution in [-0.2, 0) is 23.7 Å². The summed E-state index contributed by atoms with van der Waals surface area (Å²) in [5, 5.41) is 0. The van der Waals surface area contributed by atoms with Crippen LogP contribution in [0.3, 0.4) is 0 Å². The summed E-state index contributed by atoms with van der Waals surface area (Å²) < 4.78 is 29.4. The largest absolute Gasteiger partial charge is 0.330 e. The molecule has 7 nitrogen and oxygen atoms in total. The van der Waals surface area contributed by atoms with Gasteiger partial charge in [0.15, 0.2) is 0 Å². The molecule has 1 aliphatic heterocycles. The second-order valence-corrected chi connectivity index (χ2v) is 9.28. The number of pyridine rings is 1. The third-order valence-corrected chi connectivity index (χ3v) is 7.13. The van der Waals surface area contributed by atoms with Crippen LogP contribution in [0.1, 0.15) is 24.2 Å². The summed E-state index contributed by atoms with van der Waals surface area (Å²) in [6.07, 6.45) is 6.41. The Morgan fingerprint density at radius 2 is 1.92 bits per heavy atom. The zero-order chi connectivity index (χ0) is 18.9. The second-order valence-electron chi connectivity index (χ2n) is 7.14. The highest BCUT2D eigenvalue weighted by Crippen LogP contribution is 2.25. The lowest BCUT2D eigenvalue weighted by Crippen LogP contribution is -2.44. The molecule has 0 bridgehead atoms. The summed E-state index contributed by atoms with van der Waals surface area (Å²) in [6.45, 7) is 3.15. The molecule has 0 spiro atoms. The van der Waals surface area contributed by atoms with Gasteiger partial charge < -0.3 is 4.57 Å². The van der Waals surface area contributed by atoms with Crippen LogP contribution in [0.4, 0.5) is 0 Å². The smallest absolute Gasteiger partial charge is 0.281 e. The minimum atomic E-state index is -3.29. The Balaban J connectivity index is 1.66. The first-order valence-electron chi connectivity index (χ1n) is 8.90. The van der Waals surface area contributed by atoms with Crippen LogP contribution in [0.5, 0.6) is 0 Å². The van der Waals surface area contributed by atoms with Gasteiger partial charge in [-0.05, 0) is 49.8 Å². The number of hydrogen-bond acceptors (Lipinski definition) is 4. The molecule has 0 aliphatic carbocycles. The highest BCUT2D eigenvalue weighted by molar-refractivity contribution is 7.86. The van der Waals surface area contributed by atoms with E-state index in [0.717, 1.165) is 36.5 Å². The summed E-state index contributed by atoms with van der Waals surface area (Å²) in [5.41, 5.74) is 3.18. The van der Waals surface area contributed by atoms with E-state index in [1.54, 1.807) is 18.4 Å². The number of hydrogen-bond donors (Lipinski definition) is 0. The van der Waals surface area contributed by atoms with Crippen LogP contribution >= 0.6 is 0 Å². The molecule has 0 radical (unpaired) electrons. The molecule has 0 amide bonds. The van der Waals surface area contributed by atoms with Gasteiger partial charge in [0.05, 0.1) is 17.6 Å². The molecular weight excluding hydrogens is 350 g/mol. The molecule has 2 aromatic heterocycles. The topological polar surface area (TPSA) is 71.3 Å². The number of aryl methyl sites for hydroxylation is 1. The fraction of sp³-hybridized carbons (Fsp3) is 0.556. The minimum Gasteiger partial charge on any atom is -0.330 e. The molecular formula is C18H27N5O2S. The van der Waals surface area contributed by atoms with Gasteiger partial charge in [0, 0.05) is 40.4 Å². The Labute approximate surface area is 155 Å². The summed E-state index contributed by atoms with van der Waals surface area (Å²) in [4.78, 5) is 8.83. The maximum Gasteiger partial charge on any atom is 0.281 e. The van der Waals surface area contributed by atoms with Gasteiger partial charge in [-0.2, -0.15) is 17.0 Å². The van der Waals surface area contributed by atoms with Crippen LogP contribution in [0.25, 0.3) is 11.4 Å². The van der Waals surface area contributed by atoms with Gasteiger partial charge in [0.2, 0.25) is 0 Å². The van der Waals surface area contributed by atoms with Crippen molar-refractivity contribution in [2.45, 2.75) is 26.2 Å². The molecule has 0 saturated carbocycles. The number of nitrogens with zero attached hydrogens (tertiary/aromatic N) is 5. The molecule has 142 valence electrons. The van der Waals surface area contributed by atoms with Crippen LogP contribution in [0.15, 0.2) is 24.5 Å². The Morgan fingerprint density at radius 3 is 2.50 bits per heavy atom. The molecule has 3 heterocycles. The highest BCUT2D eigenvalue weighted by Gasteiger charge is 2.29. The fourth-order valence-electron chi connectivity index (χ4n) is 3.39.